The fraction of sp³-hybridized carbons (Fsp3) is 0.235. The largest absolute Gasteiger partial charge is 0.478 e. The summed E-state index contributed by atoms with van der Waals surface area (Å²) in [5.41, 5.74) is 0.103. The van der Waals surface area contributed by atoms with Gasteiger partial charge in [0.15, 0.2) is 6.10 Å². The molecule has 0 aliphatic heterocycles. The number of hydrogen-bond acceptors (Lipinski definition) is 2. The molecule has 3 nitrogen and oxygen atoms in total. The number of alkyl halides is 3. The first-order valence-corrected chi connectivity index (χ1v) is 7.36. The number of hydrogen-bond donors (Lipinski definition) is 1. The third-order valence-corrected chi connectivity index (χ3v) is 3.78. The van der Waals surface area contributed by atoms with Gasteiger partial charge in [0.1, 0.15) is 5.75 Å². The highest BCUT2D eigenvalue weighted by Gasteiger charge is 2.31. The van der Waals surface area contributed by atoms with Crippen molar-refractivity contribution in [3.63, 3.8) is 0 Å². The second-order valence-corrected chi connectivity index (χ2v) is 5.67. The second kappa shape index (κ2) is 7.13. The van der Waals surface area contributed by atoms with E-state index in [4.69, 9.17) is 16.3 Å². The van der Waals surface area contributed by atoms with Crippen molar-refractivity contribution in [3.8, 4) is 5.75 Å². The number of aryl methyl sites for hydroxylation is 1. The monoisotopic (exact) mass is 358 g/mol. The first kappa shape index (κ1) is 18.1. The molecule has 0 unspecified atom stereocenters. The van der Waals surface area contributed by atoms with Gasteiger partial charge in [-0.05, 0) is 42.3 Å². The molecule has 0 heterocycles. The molecule has 1 N–H and O–H groups in total. The van der Waals surface area contributed by atoms with Crippen LogP contribution in [0.2, 0.25) is 5.02 Å². The van der Waals surface area contributed by atoms with Crippen molar-refractivity contribution in [2.45, 2.75) is 25.6 Å². The van der Waals surface area contributed by atoms with Crippen molar-refractivity contribution >= 4 is 17.6 Å². The molecule has 0 fully saturated rings. The highest BCUT2D eigenvalue weighted by atomic mass is 35.5. The number of rotatable bonds is 5. The molecule has 0 amide bonds. The minimum absolute atomic E-state index is 0.194. The molecule has 0 bridgehead atoms. The fourth-order valence-electron chi connectivity index (χ4n) is 2.12. The summed E-state index contributed by atoms with van der Waals surface area (Å²) in [5, 5.41) is 9.78. The molecule has 128 valence electrons. The van der Waals surface area contributed by atoms with Gasteiger partial charge in [0.05, 0.1) is 5.56 Å². The van der Waals surface area contributed by atoms with Gasteiger partial charge in [-0.15, -0.1) is 0 Å². The highest BCUT2D eigenvalue weighted by molar-refractivity contribution is 6.31. The van der Waals surface area contributed by atoms with Crippen LogP contribution in [0.3, 0.4) is 0 Å². The lowest BCUT2D eigenvalue weighted by Gasteiger charge is -2.17. The molecule has 0 aromatic heterocycles. The fourth-order valence-corrected chi connectivity index (χ4v) is 2.24. The zero-order valence-electron chi connectivity index (χ0n) is 12.6. The Morgan fingerprint density at radius 2 is 1.96 bits per heavy atom. The van der Waals surface area contributed by atoms with Crippen LogP contribution in [0.25, 0.3) is 0 Å². The van der Waals surface area contributed by atoms with Crippen molar-refractivity contribution in [1.82, 2.24) is 0 Å². The van der Waals surface area contributed by atoms with Crippen LogP contribution < -0.4 is 4.74 Å². The summed E-state index contributed by atoms with van der Waals surface area (Å²) < 4.78 is 43.6. The Kier molecular flexibility index (Phi) is 5.39. The molecule has 24 heavy (non-hydrogen) atoms. The van der Waals surface area contributed by atoms with Crippen molar-refractivity contribution < 1.29 is 27.8 Å². The summed E-state index contributed by atoms with van der Waals surface area (Å²) >= 11 is 5.89. The number of carboxylic acid groups (broad SMARTS) is 1. The van der Waals surface area contributed by atoms with E-state index in [1.807, 2.05) is 0 Å². The van der Waals surface area contributed by atoms with E-state index in [1.54, 1.807) is 19.1 Å². The number of benzene rings is 2. The average molecular weight is 359 g/mol. The molecule has 7 heteroatoms. The lowest BCUT2D eigenvalue weighted by molar-refractivity contribution is -0.145. The van der Waals surface area contributed by atoms with Gasteiger partial charge in [0.25, 0.3) is 0 Å². The van der Waals surface area contributed by atoms with E-state index in [9.17, 15) is 23.1 Å². The maximum atomic E-state index is 12.7. The van der Waals surface area contributed by atoms with Crippen molar-refractivity contribution in [1.29, 1.82) is 0 Å². The summed E-state index contributed by atoms with van der Waals surface area (Å²) in [6.45, 7) is 1.73. The summed E-state index contributed by atoms with van der Waals surface area (Å²) in [7, 11) is 0. The van der Waals surface area contributed by atoms with E-state index in [0.717, 1.165) is 12.1 Å². The zero-order valence-corrected chi connectivity index (χ0v) is 13.4. The Hall–Kier alpha value is -2.21. The molecule has 0 aliphatic rings. The lowest BCUT2D eigenvalue weighted by Crippen LogP contribution is -2.29. The minimum Gasteiger partial charge on any atom is -0.478 e. The van der Waals surface area contributed by atoms with E-state index in [0.29, 0.717) is 10.6 Å². The van der Waals surface area contributed by atoms with Gasteiger partial charge in [-0.3, -0.25) is 0 Å². The Morgan fingerprint density at radius 3 is 2.54 bits per heavy atom. The lowest BCUT2D eigenvalue weighted by atomic mass is 10.0. The Labute approximate surface area is 141 Å². The van der Waals surface area contributed by atoms with Crippen LogP contribution in [0.1, 0.15) is 16.7 Å². The first-order chi connectivity index (χ1) is 11.2. The van der Waals surface area contributed by atoms with Gasteiger partial charge in [-0.1, -0.05) is 29.8 Å². The third kappa shape index (κ3) is 4.64. The normalized spacial score (nSPS) is 12.7. The number of carboxylic acids is 1. The molecule has 0 saturated heterocycles. The minimum atomic E-state index is -4.48. The number of aliphatic carboxylic acids is 1. The van der Waals surface area contributed by atoms with Gasteiger partial charge in [-0.25, -0.2) is 4.79 Å². The van der Waals surface area contributed by atoms with Gasteiger partial charge in [0, 0.05) is 11.4 Å². The number of ether oxygens (including phenoxy) is 1. The summed E-state index contributed by atoms with van der Waals surface area (Å²) in [6, 6.07) is 9.18. The van der Waals surface area contributed by atoms with Crippen LogP contribution in [-0.2, 0) is 17.4 Å². The van der Waals surface area contributed by atoms with E-state index >= 15 is 0 Å². The predicted octanol–water partition coefficient (Wildman–Crippen LogP) is 4.74. The van der Waals surface area contributed by atoms with Crippen LogP contribution in [0.5, 0.6) is 5.75 Å². The maximum Gasteiger partial charge on any atom is 0.416 e. The topological polar surface area (TPSA) is 46.5 Å². The molecule has 0 radical (unpaired) electrons. The van der Waals surface area contributed by atoms with Crippen LogP contribution >= 0.6 is 11.6 Å². The van der Waals surface area contributed by atoms with Crippen LogP contribution in [0.15, 0.2) is 42.5 Å². The Balaban J connectivity index is 2.20. The van der Waals surface area contributed by atoms with Gasteiger partial charge in [0.2, 0.25) is 0 Å². The molecular weight excluding hydrogens is 345 g/mol. The maximum absolute atomic E-state index is 12.7. The molecule has 2 rings (SSSR count). The van der Waals surface area contributed by atoms with Crippen molar-refractivity contribution in [3.05, 3.63) is 64.2 Å². The average Bonchev–Trinajstić information content (AvgIpc) is 2.49. The predicted molar refractivity (Wildman–Crippen MR) is 83.4 cm³/mol. The quantitative estimate of drug-likeness (QED) is 0.839. The molecule has 0 spiro atoms. The molecule has 2 aromatic carbocycles. The standard InChI is InChI=1S/C17H14ClF3O3/c1-10-7-13(5-6-14(10)18)24-15(16(22)23)9-11-3-2-4-12(8-11)17(19,20)21/h2-8,15H,9H2,1H3,(H,22,23)/t15-/m1/s1. The van der Waals surface area contributed by atoms with E-state index < -0.39 is 23.8 Å². The SMILES string of the molecule is Cc1cc(O[C@H](Cc2cccc(C(F)(F)F)c2)C(=O)O)ccc1Cl. The highest BCUT2D eigenvalue weighted by Crippen LogP contribution is 2.30. The van der Waals surface area contributed by atoms with Crippen LogP contribution in [-0.4, -0.2) is 17.2 Å². The summed E-state index contributed by atoms with van der Waals surface area (Å²) in [4.78, 5) is 11.4. The van der Waals surface area contributed by atoms with Gasteiger partial charge >= 0.3 is 12.1 Å². The van der Waals surface area contributed by atoms with E-state index in [2.05, 4.69) is 0 Å². The van der Waals surface area contributed by atoms with Crippen molar-refractivity contribution in [2.24, 2.45) is 0 Å². The van der Waals surface area contributed by atoms with E-state index in [1.165, 1.54) is 18.2 Å². The number of carbonyl (C=O) groups is 1. The molecule has 2 aromatic rings. The Bertz CT molecular complexity index is 744. The van der Waals surface area contributed by atoms with Crippen LogP contribution in [0.4, 0.5) is 13.2 Å². The first-order valence-electron chi connectivity index (χ1n) is 6.98. The molecular formula is C17H14ClF3O3. The molecule has 0 aliphatic carbocycles. The van der Waals surface area contributed by atoms with Crippen molar-refractivity contribution in [2.75, 3.05) is 0 Å². The van der Waals surface area contributed by atoms with Crippen LogP contribution in [0, 0.1) is 6.92 Å². The van der Waals surface area contributed by atoms with E-state index in [-0.39, 0.29) is 17.7 Å². The second-order valence-electron chi connectivity index (χ2n) is 5.26. The molecule has 1 atom stereocenters. The van der Waals surface area contributed by atoms with Gasteiger partial charge < -0.3 is 9.84 Å². The summed E-state index contributed by atoms with van der Waals surface area (Å²) in [5.74, 6) is -0.976. The smallest absolute Gasteiger partial charge is 0.416 e. The molecule has 0 saturated carbocycles. The zero-order chi connectivity index (χ0) is 17.9. The number of halogens is 4. The van der Waals surface area contributed by atoms with Gasteiger partial charge in [-0.2, -0.15) is 13.2 Å². The Morgan fingerprint density at radius 1 is 1.25 bits per heavy atom. The summed E-state index contributed by atoms with van der Waals surface area (Å²) in [6.07, 6.45) is -5.99. The third-order valence-electron chi connectivity index (χ3n) is 3.36.